The Hall–Kier alpha value is -1.59. The number of carbonyl (C=O) groups excluding carboxylic acids is 1. The fraction of sp³-hybridized carbons (Fsp3) is 0.611. The van der Waals surface area contributed by atoms with Crippen LogP contribution in [-0.2, 0) is 4.74 Å². The van der Waals surface area contributed by atoms with Gasteiger partial charge in [0.1, 0.15) is 6.10 Å². The van der Waals surface area contributed by atoms with Crippen LogP contribution in [-0.4, -0.2) is 48.9 Å². The van der Waals surface area contributed by atoms with Crippen molar-refractivity contribution in [1.82, 2.24) is 10.2 Å². The zero-order chi connectivity index (χ0) is 16.7. The summed E-state index contributed by atoms with van der Waals surface area (Å²) in [7, 11) is 0. The van der Waals surface area contributed by atoms with Crippen LogP contribution in [0.15, 0.2) is 30.3 Å². The first kappa shape index (κ1) is 17.8. The second-order valence-corrected chi connectivity index (χ2v) is 6.87. The third-order valence-electron chi connectivity index (χ3n) is 4.26. The maximum absolute atomic E-state index is 12.3. The summed E-state index contributed by atoms with van der Waals surface area (Å²) in [5, 5.41) is 12.2. The maximum atomic E-state index is 12.3. The molecule has 2 rings (SSSR count). The Labute approximate surface area is 138 Å². The minimum atomic E-state index is -0.0813. The Balaban J connectivity index is 1.76. The van der Waals surface area contributed by atoms with Gasteiger partial charge in [-0.1, -0.05) is 44.2 Å². The number of aliphatic hydroxyl groups excluding tert-OH is 1. The second-order valence-electron chi connectivity index (χ2n) is 6.87. The zero-order valence-corrected chi connectivity index (χ0v) is 14.1. The van der Waals surface area contributed by atoms with Crippen LogP contribution in [0.5, 0.6) is 0 Å². The monoisotopic (exact) mass is 320 g/mol. The molecular formula is C18H28N2O3. The first-order valence-electron chi connectivity index (χ1n) is 8.32. The Bertz CT molecular complexity index is 490. The van der Waals surface area contributed by atoms with Crippen molar-refractivity contribution >= 4 is 6.03 Å². The second kappa shape index (κ2) is 8.31. The minimum Gasteiger partial charge on any atom is -0.396 e. The van der Waals surface area contributed by atoms with E-state index >= 15 is 0 Å². The highest BCUT2D eigenvalue weighted by Gasteiger charge is 2.25. The molecule has 0 bridgehead atoms. The number of carbonyl (C=O) groups is 1. The molecule has 1 unspecified atom stereocenters. The van der Waals surface area contributed by atoms with Gasteiger partial charge in [-0.15, -0.1) is 0 Å². The highest BCUT2D eigenvalue weighted by molar-refractivity contribution is 5.74. The van der Waals surface area contributed by atoms with Crippen LogP contribution in [0.1, 0.15) is 38.4 Å². The van der Waals surface area contributed by atoms with Gasteiger partial charge in [-0.2, -0.15) is 0 Å². The van der Waals surface area contributed by atoms with Crippen molar-refractivity contribution in [3.63, 3.8) is 0 Å². The average molecular weight is 320 g/mol. The van der Waals surface area contributed by atoms with Crippen LogP contribution in [0, 0.1) is 5.41 Å². The minimum absolute atomic E-state index is 0.0314. The van der Waals surface area contributed by atoms with E-state index in [0.29, 0.717) is 26.2 Å². The van der Waals surface area contributed by atoms with E-state index in [9.17, 15) is 9.90 Å². The number of nitrogens with one attached hydrogen (secondary N) is 1. The molecule has 1 heterocycles. The van der Waals surface area contributed by atoms with Crippen LogP contribution in [0.4, 0.5) is 4.79 Å². The van der Waals surface area contributed by atoms with Gasteiger partial charge in [0.15, 0.2) is 0 Å². The molecule has 0 aliphatic carbocycles. The topological polar surface area (TPSA) is 61.8 Å². The number of amides is 2. The molecule has 2 amide bonds. The normalized spacial score (nSPS) is 18.7. The van der Waals surface area contributed by atoms with Gasteiger partial charge in [-0.3, -0.25) is 0 Å². The number of urea groups is 1. The molecule has 0 spiro atoms. The van der Waals surface area contributed by atoms with Gasteiger partial charge in [0.05, 0.1) is 13.2 Å². The van der Waals surface area contributed by atoms with Crippen LogP contribution < -0.4 is 5.32 Å². The van der Waals surface area contributed by atoms with Gasteiger partial charge < -0.3 is 20.1 Å². The van der Waals surface area contributed by atoms with Crippen molar-refractivity contribution in [3.05, 3.63) is 35.9 Å². The summed E-state index contributed by atoms with van der Waals surface area (Å²) < 4.78 is 5.78. The van der Waals surface area contributed by atoms with Gasteiger partial charge in [0, 0.05) is 19.7 Å². The first-order valence-corrected chi connectivity index (χ1v) is 8.32. The largest absolute Gasteiger partial charge is 0.396 e. The molecule has 1 atom stereocenters. The van der Waals surface area contributed by atoms with E-state index in [0.717, 1.165) is 18.4 Å². The highest BCUT2D eigenvalue weighted by Crippen LogP contribution is 2.22. The van der Waals surface area contributed by atoms with Crippen LogP contribution >= 0.6 is 0 Å². The summed E-state index contributed by atoms with van der Waals surface area (Å²) >= 11 is 0. The Morgan fingerprint density at radius 3 is 2.83 bits per heavy atom. The van der Waals surface area contributed by atoms with E-state index in [1.807, 2.05) is 49.1 Å². The van der Waals surface area contributed by atoms with Gasteiger partial charge in [0.25, 0.3) is 0 Å². The van der Waals surface area contributed by atoms with E-state index in [1.54, 1.807) is 0 Å². The molecule has 1 aromatic carbocycles. The molecule has 1 aromatic rings. The van der Waals surface area contributed by atoms with E-state index in [1.165, 1.54) is 0 Å². The van der Waals surface area contributed by atoms with Crippen molar-refractivity contribution in [2.75, 3.05) is 32.8 Å². The summed E-state index contributed by atoms with van der Waals surface area (Å²) in [6, 6.07) is 9.98. The molecule has 0 radical (unpaired) electrons. The summed E-state index contributed by atoms with van der Waals surface area (Å²) in [5.74, 6) is 0. The predicted octanol–water partition coefficient (Wildman–Crippen LogP) is 2.57. The quantitative estimate of drug-likeness (QED) is 0.792. The van der Waals surface area contributed by atoms with Crippen LogP contribution in [0.25, 0.3) is 0 Å². The van der Waals surface area contributed by atoms with E-state index < -0.39 is 0 Å². The van der Waals surface area contributed by atoms with E-state index in [2.05, 4.69) is 5.32 Å². The third-order valence-corrected chi connectivity index (χ3v) is 4.26. The molecule has 0 aromatic heterocycles. The smallest absolute Gasteiger partial charge is 0.317 e. The Morgan fingerprint density at radius 2 is 2.13 bits per heavy atom. The molecule has 23 heavy (non-hydrogen) atoms. The summed E-state index contributed by atoms with van der Waals surface area (Å²) in [5.41, 5.74) is 1.02. The lowest BCUT2D eigenvalue weighted by molar-refractivity contribution is -0.0154. The number of aliphatic hydroxyl groups is 1. The van der Waals surface area contributed by atoms with Crippen molar-refractivity contribution in [1.29, 1.82) is 0 Å². The van der Waals surface area contributed by atoms with Crippen molar-refractivity contribution in [2.45, 2.75) is 32.8 Å². The molecule has 1 fully saturated rings. The van der Waals surface area contributed by atoms with Gasteiger partial charge in [-0.05, 0) is 23.8 Å². The summed E-state index contributed by atoms with van der Waals surface area (Å²) in [6.07, 6.45) is 1.70. The van der Waals surface area contributed by atoms with Gasteiger partial charge in [0.2, 0.25) is 0 Å². The predicted molar refractivity (Wildman–Crippen MR) is 90.2 cm³/mol. The van der Waals surface area contributed by atoms with Gasteiger partial charge >= 0.3 is 6.03 Å². The number of nitrogens with zero attached hydrogens (tertiary/aromatic N) is 1. The fourth-order valence-corrected chi connectivity index (χ4v) is 2.66. The molecule has 0 saturated carbocycles. The van der Waals surface area contributed by atoms with Crippen molar-refractivity contribution in [3.8, 4) is 0 Å². The first-order chi connectivity index (χ1) is 11.0. The molecular weight excluding hydrogens is 292 g/mol. The Kier molecular flexibility index (Phi) is 6.42. The number of hydrogen-bond donors (Lipinski definition) is 2. The summed E-state index contributed by atoms with van der Waals surface area (Å²) in [6.45, 7) is 6.63. The van der Waals surface area contributed by atoms with Crippen LogP contribution in [0.3, 0.4) is 0 Å². The zero-order valence-electron chi connectivity index (χ0n) is 14.1. The number of ether oxygens (including phenoxy) is 1. The maximum Gasteiger partial charge on any atom is 0.317 e. The summed E-state index contributed by atoms with van der Waals surface area (Å²) in [4.78, 5) is 14.1. The average Bonchev–Trinajstić information content (AvgIpc) is 2.59. The van der Waals surface area contributed by atoms with Gasteiger partial charge in [-0.25, -0.2) is 4.79 Å². The lowest BCUT2D eigenvalue weighted by Gasteiger charge is -2.33. The van der Waals surface area contributed by atoms with Crippen molar-refractivity contribution in [2.24, 2.45) is 5.41 Å². The third kappa shape index (κ3) is 5.52. The number of rotatable bonds is 6. The lowest BCUT2D eigenvalue weighted by Crippen LogP contribution is -2.47. The van der Waals surface area contributed by atoms with E-state index in [-0.39, 0.29) is 24.2 Å². The molecule has 1 aliphatic heterocycles. The molecule has 2 N–H and O–H groups in total. The molecule has 128 valence electrons. The standard InChI is InChI=1S/C18H28N2O3/c1-18(2,14-21)9-6-10-19-17(22)20-11-12-23-16(13-20)15-7-4-3-5-8-15/h3-5,7-8,16,21H,6,9-14H2,1-2H3,(H,19,22). The molecule has 5 heteroatoms. The number of benzene rings is 1. The molecule has 5 nitrogen and oxygen atoms in total. The van der Waals surface area contributed by atoms with E-state index in [4.69, 9.17) is 4.74 Å². The molecule has 1 saturated heterocycles. The number of morpholine rings is 1. The molecule has 1 aliphatic rings. The Morgan fingerprint density at radius 1 is 1.39 bits per heavy atom. The fourth-order valence-electron chi connectivity index (χ4n) is 2.66. The van der Waals surface area contributed by atoms with Crippen LogP contribution in [0.2, 0.25) is 0 Å². The number of hydrogen-bond acceptors (Lipinski definition) is 3. The highest BCUT2D eigenvalue weighted by atomic mass is 16.5. The SMILES string of the molecule is CC(C)(CO)CCCNC(=O)N1CCOC(c2ccccc2)C1. The lowest BCUT2D eigenvalue weighted by atomic mass is 9.89. The van der Waals surface area contributed by atoms with Crippen molar-refractivity contribution < 1.29 is 14.6 Å².